The van der Waals surface area contributed by atoms with Crippen LogP contribution in [0.1, 0.15) is 28.4 Å². The molecule has 1 N–H and O–H groups in total. The fourth-order valence-corrected chi connectivity index (χ4v) is 1.85. The predicted molar refractivity (Wildman–Crippen MR) is 73.6 cm³/mol. The Labute approximate surface area is 112 Å². The molecule has 2 aromatic carbocycles. The normalized spacial score (nSPS) is 10.2. The van der Waals surface area contributed by atoms with E-state index in [-0.39, 0.29) is 11.5 Å². The van der Waals surface area contributed by atoms with Crippen LogP contribution in [0.2, 0.25) is 0 Å². The van der Waals surface area contributed by atoms with Crippen LogP contribution >= 0.6 is 0 Å². The van der Waals surface area contributed by atoms with Gasteiger partial charge in [-0.15, -0.1) is 0 Å². The first-order chi connectivity index (χ1) is 9.06. The van der Waals surface area contributed by atoms with Crippen molar-refractivity contribution in [1.29, 1.82) is 0 Å². The molecule has 0 aliphatic carbocycles. The lowest BCUT2D eigenvalue weighted by atomic mass is 10.1. The summed E-state index contributed by atoms with van der Waals surface area (Å²) in [5, 5.41) is 9.38. The highest BCUT2D eigenvalue weighted by atomic mass is 16.5. The van der Waals surface area contributed by atoms with Gasteiger partial charge < -0.3 is 9.84 Å². The highest BCUT2D eigenvalue weighted by Crippen LogP contribution is 2.22. The molecule has 3 nitrogen and oxygen atoms in total. The molecule has 0 aliphatic rings. The van der Waals surface area contributed by atoms with Crippen LogP contribution in [-0.2, 0) is 6.61 Å². The molecule has 0 aliphatic heterocycles. The van der Waals surface area contributed by atoms with Crippen LogP contribution in [0, 0.1) is 6.92 Å². The molecule has 98 valence electrons. The van der Waals surface area contributed by atoms with Crippen molar-refractivity contribution in [2.45, 2.75) is 20.5 Å². The minimum absolute atomic E-state index is 0.0189. The molecule has 0 radical (unpaired) electrons. The highest BCUT2D eigenvalue weighted by molar-refractivity contribution is 5.97. The maximum absolute atomic E-state index is 11.6. The van der Waals surface area contributed by atoms with E-state index in [0.29, 0.717) is 17.9 Å². The minimum Gasteiger partial charge on any atom is -0.508 e. The Morgan fingerprint density at radius 3 is 2.68 bits per heavy atom. The van der Waals surface area contributed by atoms with Crippen molar-refractivity contribution >= 4 is 5.78 Å². The molecule has 0 saturated heterocycles. The molecule has 0 fully saturated rings. The van der Waals surface area contributed by atoms with E-state index < -0.39 is 0 Å². The molecular formula is C16H16O3. The van der Waals surface area contributed by atoms with E-state index in [1.807, 2.05) is 25.1 Å². The van der Waals surface area contributed by atoms with E-state index in [1.165, 1.54) is 6.92 Å². The van der Waals surface area contributed by atoms with Crippen molar-refractivity contribution in [3.8, 4) is 11.5 Å². The highest BCUT2D eigenvalue weighted by Gasteiger charge is 2.09. The van der Waals surface area contributed by atoms with Crippen molar-refractivity contribution < 1.29 is 14.6 Å². The summed E-state index contributed by atoms with van der Waals surface area (Å²) in [5.41, 5.74) is 2.46. The molecule has 19 heavy (non-hydrogen) atoms. The quantitative estimate of drug-likeness (QED) is 0.852. The molecule has 3 heteroatoms. The zero-order valence-corrected chi connectivity index (χ0v) is 11.0. The van der Waals surface area contributed by atoms with E-state index >= 15 is 0 Å². The number of ketones is 1. The lowest BCUT2D eigenvalue weighted by molar-refractivity contribution is 0.101. The van der Waals surface area contributed by atoms with Crippen molar-refractivity contribution in [3.63, 3.8) is 0 Å². The number of aromatic hydroxyl groups is 1. The van der Waals surface area contributed by atoms with Crippen molar-refractivity contribution in [3.05, 3.63) is 59.2 Å². The van der Waals surface area contributed by atoms with Gasteiger partial charge in [0.2, 0.25) is 0 Å². The van der Waals surface area contributed by atoms with Gasteiger partial charge in [0.25, 0.3) is 0 Å². The summed E-state index contributed by atoms with van der Waals surface area (Å²) in [6.45, 7) is 3.78. The average molecular weight is 256 g/mol. The first kappa shape index (κ1) is 13.1. The summed E-state index contributed by atoms with van der Waals surface area (Å²) in [6.07, 6.45) is 0. The number of aryl methyl sites for hydroxylation is 1. The Kier molecular flexibility index (Phi) is 3.85. The monoisotopic (exact) mass is 256 g/mol. The minimum atomic E-state index is -0.0189. The molecule has 0 bridgehead atoms. The number of ether oxygens (including phenoxy) is 1. The van der Waals surface area contributed by atoms with Gasteiger partial charge >= 0.3 is 0 Å². The summed E-state index contributed by atoms with van der Waals surface area (Å²) in [6, 6.07) is 12.4. The van der Waals surface area contributed by atoms with Crippen LogP contribution in [0.15, 0.2) is 42.5 Å². The van der Waals surface area contributed by atoms with Crippen LogP contribution in [0.5, 0.6) is 11.5 Å². The van der Waals surface area contributed by atoms with Crippen molar-refractivity contribution in [2.24, 2.45) is 0 Å². The van der Waals surface area contributed by atoms with Crippen LogP contribution in [0.25, 0.3) is 0 Å². The SMILES string of the molecule is CC(=O)c1cc(C)ccc1OCc1cccc(O)c1. The van der Waals surface area contributed by atoms with E-state index in [1.54, 1.807) is 24.3 Å². The second-order valence-corrected chi connectivity index (χ2v) is 4.51. The first-order valence-corrected chi connectivity index (χ1v) is 6.08. The van der Waals surface area contributed by atoms with E-state index in [2.05, 4.69) is 0 Å². The topological polar surface area (TPSA) is 46.5 Å². The van der Waals surface area contributed by atoms with Gasteiger partial charge in [0, 0.05) is 0 Å². The van der Waals surface area contributed by atoms with Gasteiger partial charge in [-0.2, -0.15) is 0 Å². The molecule has 0 atom stereocenters. The second kappa shape index (κ2) is 5.57. The lowest BCUT2D eigenvalue weighted by Crippen LogP contribution is -2.02. The summed E-state index contributed by atoms with van der Waals surface area (Å²) in [7, 11) is 0. The van der Waals surface area contributed by atoms with Crippen molar-refractivity contribution in [1.82, 2.24) is 0 Å². The third-order valence-electron chi connectivity index (χ3n) is 2.82. The number of hydrogen-bond donors (Lipinski definition) is 1. The van der Waals surface area contributed by atoms with Gasteiger partial charge in [-0.3, -0.25) is 4.79 Å². The van der Waals surface area contributed by atoms with Gasteiger partial charge in [-0.05, 0) is 43.7 Å². The van der Waals surface area contributed by atoms with E-state index in [9.17, 15) is 9.90 Å². The van der Waals surface area contributed by atoms with E-state index in [4.69, 9.17) is 4.74 Å². The molecule has 0 spiro atoms. The predicted octanol–water partition coefficient (Wildman–Crippen LogP) is 3.48. The standard InChI is InChI=1S/C16H16O3/c1-11-6-7-16(15(8-11)12(2)17)19-10-13-4-3-5-14(18)9-13/h3-9,18H,10H2,1-2H3. The summed E-state index contributed by atoms with van der Waals surface area (Å²) in [5.74, 6) is 0.757. The molecule has 0 amide bonds. The fraction of sp³-hybridized carbons (Fsp3) is 0.188. The molecular weight excluding hydrogens is 240 g/mol. The molecule has 0 saturated carbocycles. The zero-order valence-electron chi connectivity index (χ0n) is 11.0. The molecule has 0 heterocycles. The molecule has 0 aromatic heterocycles. The Morgan fingerprint density at radius 2 is 2.00 bits per heavy atom. The fourth-order valence-electron chi connectivity index (χ4n) is 1.85. The lowest BCUT2D eigenvalue weighted by Gasteiger charge is -2.10. The number of benzene rings is 2. The van der Waals surface area contributed by atoms with Crippen molar-refractivity contribution in [2.75, 3.05) is 0 Å². The Bertz CT molecular complexity index is 603. The van der Waals surface area contributed by atoms with Crippen LogP contribution in [-0.4, -0.2) is 10.9 Å². The maximum atomic E-state index is 11.6. The third-order valence-corrected chi connectivity index (χ3v) is 2.82. The number of carbonyl (C=O) groups is 1. The van der Waals surface area contributed by atoms with Gasteiger partial charge in [-0.1, -0.05) is 23.8 Å². The number of hydrogen-bond acceptors (Lipinski definition) is 3. The van der Waals surface area contributed by atoms with Crippen LogP contribution in [0.4, 0.5) is 0 Å². The summed E-state index contributed by atoms with van der Waals surface area (Å²) in [4.78, 5) is 11.6. The number of Topliss-reactive ketones (excluding diaryl/α,β-unsaturated/α-hetero) is 1. The Balaban J connectivity index is 2.17. The second-order valence-electron chi connectivity index (χ2n) is 4.51. The number of rotatable bonds is 4. The number of phenolic OH excluding ortho intramolecular Hbond substituents is 1. The van der Waals surface area contributed by atoms with Crippen LogP contribution < -0.4 is 4.74 Å². The molecule has 0 unspecified atom stereocenters. The third kappa shape index (κ3) is 3.35. The largest absolute Gasteiger partial charge is 0.508 e. The zero-order chi connectivity index (χ0) is 13.8. The summed E-state index contributed by atoms with van der Waals surface area (Å²) < 4.78 is 5.66. The first-order valence-electron chi connectivity index (χ1n) is 6.08. The van der Waals surface area contributed by atoms with Gasteiger partial charge in [0.15, 0.2) is 5.78 Å². The average Bonchev–Trinajstić information content (AvgIpc) is 2.37. The Morgan fingerprint density at radius 1 is 1.21 bits per heavy atom. The van der Waals surface area contributed by atoms with Gasteiger partial charge in [-0.25, -0.2) is 0 Å². The molecule has 2 aromatic rings. The smallest absolute Gasteiger partial charge is 0.163 e. The Hall–Kier alpha value is -2.29. The van der Waals surface area contributed by atoms with E-state index in [0.717, 1.165) is 11.1 Å². The van der Waals surface area contributed by atoms with Gasteiger partial charge in [0.05, 0.1) is 5.56 Å². The number of carbonyl (C=O) groups excluding carboxylic acids is 1. The maximum Gasteiger partial charge on any atom is 0.163 e. The number of phenols is 1. The summed E-state index contributed by atoms with van der Waals surface area (Å²) >= 11 is 0. The molecule has 2 rings (SSSR count). The van der Waals surface area contributed by atoms with Gasteiger partial charge in [0.1, 0.15) is 18.1 Å². The van der Waals surface area contributed by atoms with Crippen LogP contribution in [0.3, 0.4) is 0 Å².